The first-order valence-electron chi connectivity index (χ1n) is 10.3. The lowest BCUT2D eigenvalue weighted by atomic mass is 10.1. The number of hydrogen-bond donors (Lipinski definition) is 0. The van der Waals surface area contributed by atoms with Gasteiger partial charge in [-0.15, -0.1) is 0 Å². The molecule has 29 heavy (non-hydrogen) atoms. The normalized spacial score (nSPS) is 11.3. The zero-order valence-electron chi connectivity index (χ0n) is 17.0. The number of aryl methyl sites for hydroxylation is 1. The van der Waals surface area contributed by atoms with E-state index in [1.807, 2.05) is 72.8 Å². The summed E-state index contributed by atoms with van der Waals surface area (Å²) in [5, 5.41) is 0. The second-order valence-electron chi connectivity index (χ2n) is 7.29. The molecule has 3 rings (SSSR count). The van der Waals surface area contributed by atoms with E-state index < -0.39 is 10.0 Å². The van der Waals surface area contributed by atoms with Crippen LogP contribution in [0.1, 0.15) is 43.7 Å². The summed E-state index contributed by atoms with van der Waals surface area (Å²) in [7, 11) is -3.66. The first-order valence-corrected chi connectivity index (χ1v) is 11.8. The number of anilines is 1. The minimum absolute atomic E-state index is 0.298. The van der Waals surface area contributed by atoms with Crippen molar-refractivity contribution in [1.82, 2.24) is 0 Å². The lowest BCUT2D eigenvalue weighted by molar-refractivity contribution is 0.590. The van der Waals surface area contributed by atoms with Gasteiger partial charge in [0.25, 0.3) is 10.0 Å². The van der Waals surface area contributed by atoms with Crippen molar-refractivity contribution < 1.29 is 8.42 Å². The van der Waals surface area contributed by atoms with Crippen LogP contribution in [0.5, 0.6) is 0 Å². The Labute approximate surface area is 175 Å². The molecule has 4 heteroatoms. The lowest BCUT2D eigenvalue weighted by Crippen LogP contribution is -2.30. The molecule has 3 nitrogen and oxygen atoms in total. The van der Waals surface area contributed by atoms with E-state index in [0.29, 0.717) is 17.1 Å². The van der Waals surface area contributed by atoms with Crippen LogP contribution in [0.4, 0.5) is 5.69 Å². The van der Waals surface area contributed by atoms with Gasteiger partial charge in [0.2, 0.25) is 0 Å². The van der Waals surface area contributed by atoms with Gasteiger partial charge in [-0.2, -0.15) is 0 Å². The SMILES string of the molecule is CCCCCCc1ccc(S(=O)(=O)N(Cc2ccccc2)c2ccccc2)cc1. The second kappa shape index (κ2) is 10.3. The summed E-state index contributed by atoms with van der Waals surface area (Å²) >= 11 is 0. The fraction of sp³-hybridized carbons (Fsp3) is 0.280. The third kappa shape index (κ3) is 5.70. The van der Waals surface area contributed by atoms with E-state index in [9.17, 15) is 8.42 Å². The fourth-order valence-electron chi connectivity index (χ4n) is 3.37. The average Bonchev–Trinajstić information content (AvgIpc) is 2.77. The molecule has 0 aliphatic heterocycles. The molecule has 0 N–H and O–H groups in total. The number of hydrogen-bond acceptors (Lipinski definition) is 2. The Hall–Kier alpha value is -2.59. The van der Waals surface area contributed by atoms with Gasteiger partial charge < -0.3 is 0 Å². The largest absolute Gasteiger partial charge is 0.264 e. The van der Waals surface area contributed by atoms with Crippen LogP contribution in [0.25, 0.3) is 0 Å². The Kier molecular flexibility index (Phi) is 7.48. The number of benzene rings is 3. The highest BCUT2D eigenvalue weighted by Gasteiger charge is 2.25. The van der Waals surface area contributed by atoms with Crippen molar-refractivity contribution >= 4 is 15.7 Å². The molecule has 0 fully saturated rings. The summed E-state index contributed by atoms with van der Waals surface area (Å²) in [5.41, 5.74) is 2.81. The Morgan fingerprint density at radius 2 is 1.31 bits per heavy atom. The predicted molar refractivity (Wildman–Crippen MR) is 121 cm³/mol. The molecule has 152 valence electrons. The summed E-state index contributed by atoms with van der Waals surface area (Å²) in [6.07, 6.45) is 5.82. The van der Waals surface area contributed by atoms with E-state index in [4.69, 9.17) is 0 Å². The van der Waals surface area contributed by atoms with Crippen molar-refractivity contribution in [2.24, 2.45) is 0 Å². The van der Waals surface area contributed by atoms with E-state index in [2.05, 4.69) is 6.92 Å². The monoisotopic (exact) mass is 407 g/mol. The van der Waals surface area contributed by atoms with Crippen LogP contribution >= 0.6 is 0 Å². The molecule has 0 unspecified atom stereocenters. The zero-order valence-corrected chi connectivity index (χ0v) is 17.8. The topological polar surface area (TPSA) is 37.4 Å². The zero-order chi connectivity index (χ0) is 20.5. The molecule has 0 amide bonds. The highest BCUT2D eigenvalue weighted by Crippen LogP contribution is 2.26. The molecule has 0 saturated heterocycles. The third-order valence-corrected chi connectivity index (χ3v) is 6.83. The van der Waals surface area contributed by atoms with Gasteiger partial charge in [0.1, 0.15) is 0 Å². The minimum atomic E-state index is -3.66. The molecular weight excluding hydrogens is 378 g/mol. The molecule has 3 aromatic carbocycles. The molecule has 3 aromatic rings. The Bertz CT molecular complexity index is 968. The van der Waals surface area contributed by atoms with Gasteiger partial charge in [-0.05, 0) is 48.2 Å². The van der Waals surface area contributed by atoms with E-state index >= 15 is 0 Å². The van der Waals surface area contributed by atoms with Gasteiger partial charge >= 0.3 is 0 Å². The molecule has 0 atom stereocenters. The average molecular weight is 408 g/mol. The van der Waals surface area contributed by atoms with E-state index in [1.54, 1.807) is 12.1 Å². The summed E-state index contributed by atoms with van der Waals surface area (Å²) in [4.78, 5) is 0.328. The first kappa shape index (κ1) is 21.1. The predicted octanol–water partition coefficient (Wildman–Crippen LogP) is 6.20. The molecular formula is C25H29NO2S. The van der Waals surface area contributed by atoms with Crippen LogP contribution in [-0.2, 0) is 23.0 Å². The quantitative estimate of drug-likeness (QED) is 0.375. The first-order chi connectivity index (χ1) is 14.1. The molecule has 0 heterocycles. The lowest BCUT2D eigenvalue weighted by Gasteiger charge is -2.25. The molecule has 0 bridgehead atoms. The van der Waals surface area contributed by atoms with Crippen LogP contribution in [0.2, 0.25) is 0 Å². The molecule has 0 saturated carbocycles. The standard InChI is InChI=1S/C25H29NO2S/c1-2-3-4-7-12-22-17-19-25(20-18-22)29(27,28)26(24-15-10-6-11-16-24)21-23-13-8-5-9-14-23/h5-6,8-11,13-20H,2-4,7,12,21H2,1H3. The molecule has 0 radical (unpaired) electrons. The van der Waals surface area contributed by atoms with Crippen molar-refractivity contribution in [2.75, 3.05) is 4.31 Å². The maximum atomic E-state index is 13.5. The van der Waals surface area contributed by atoms with Crippen LogP contribution in [-0.4, -0.2) is 8.42 Å². The molecule has 0 spiro atoms. The summed E-state index contributed by atoms with van der Waals surface area (Å²) < 4.78 is 28.4. The number of rotatable bonds is 10. The van der Waals surface area contributed by atoms with E-state index in [1.165, 1.54) is 29.1 Å². The Morgan fingerprint density at radius 1 is 0.690 bits per heavy atom. The van der Waals surface area contributed by atoms with Crippen molar-refractivity contribution in [3.05, 3.63) is 96.1 Å². The number of para-hydroxylation sites is 1. The number of nitrogens with zero attached hydrogens (tertiary/aromatic N) is 1. The van der Waals surface area contributed by atoms with Crippen LogP contribution in [0.3, 0.4) is 0 Å². The van der Waals surface area contributed by atoms with Crippen LogP contribution < -0.4 is 4.31 Å². The van der Waals surface area contributed by atoms with E-state index in [-0.39, 0.29) is 0 Å². The van der Waals surface area contributed by atoms with Crippen molar-refractivity contribution in [3.8, 4) is 0 Å². The van der Waals surface area contributed by atoms with Gasteiger partial charge in [0.15, 0.2) is 0 Å². The van der Waals surface area contributed by atoms with Crippen molar-refractivity contribution in [1.29, 1.82) is 0 Å². The summed E-state index contributed by atoms with van der Waals surface area (Å²) in [5.74, 6) is 0. The van der Waals surface area contributed by atoms with Crippen LogP contribution in [0.15, 0.2) is 89.8 Å². The minimum Gasteiger partial charge on any atom is -0.262 e. The highest BCUT2D eigenvalue weighted by molar-refractivity contribution is 7.92. The number of sulfonamides is 1. The van der Waals surface area contributed by atoms with Gasteiger partial charge in [0, 0.05) is 0 Å². The van der Waals surface area contributed by atoms with Gasteiger partial charge in [0.05, 0.1) is 17.1 Å². The van der Waals surface area contributed by atoms with Crippen LogP contribution in [0, 0.1) is 0 Å². The van der Waals surface area contributed by atoms with Gasteiger partial charge in [-0.25, -0.2) is 8.42 Å². The smallest absolute Gasteiger partial charge is 0.262 e. The molecule has 0 aliphatic carbocycles. The maximum Gasteiger partial charge on any atom is 0.264 e. The van der Waals surface area contributed by atoms with Gasteiger partial charge in [-0.1, -0.05) is 86.8 Å². The summed E-state index contributed by atoms with van der Waals surface area (Å²) in [6.45, 7) is 2.50. The van der Waals surface area contributed by atoms with Crippen molar-refractivity contribution in [2.45, 2.75) is 50.5 Å². The Morgan fingerprint density at radius 3 is 1.93 bits per heavy atom. The molecule has 0 aromatic heterocycles. The highest BCUT2D eigenvalue weighted by atomic mass is 32.2. The summed E-state index contributed by atoms with van der Waals surface area (Å²) in [6, 6.07) is 26.4. The van der Waals surface area contributed by atoms with Gasteiger partial charge in [-0.3, -0.25) is 4.31 Å². The maximum absolute atomic E-state index is 13.5. The third-order valence-electron chi connectivity index (χ3n) is 5.04. The number of unbranched alkanes of at least 4 members (excludes halogenated alkanes) is 3. The molecule has 0 aliphatic rings. The second-order valence-corrected chi connectivity index (χ2v) is 9.15. The Balaban J connectivity index is 1.84. The van der Waals surface area contributed by atoms with Crippen molar-refractivity contribution in [3.63, 3.8) is 0 Å². The fourth-order valence-corrected chi connectivity index (χ4v) is 4.82. The van der Waals surface area contributed by atoms with E-state index in [0.717, 1.165) is 18.4 Å².